The monoisotopic (exact) mass is 241 g/mol. The second kappa shape index (κ2) is 6.36. The second-order valence-corrected chi connectivity index (χ2v) is 5.48. The molecule has 1 saturated carbocycles. The summed E-state index contributed by atoms with van der Waals surface area (Å²) in [6, 6.07) is 0.622. The Labute approximate surface area is 105 Å². The van der Waals surface area contributed by atoms with Crippen molar-refractivity contribution < 1.29 is 4.79 Å². The van der Waals surface area contributed by atoms with Gasteiger partial charge in [0.2, 0.25) is 5.91 Å². The summed E-state index contributed by atoms with van der Waals surface area (Å²) in [5.74, 6) is -0.254. The molecule has 100 valence electrons. The SMILES string of the molecule is CCCNC(C)(CN(C)C1CCCC1)C(N)=O. The molecule has 0 heterocycles. The van der Waals surface area contributed by atoms with Gasteiger partial charge in [-0.2, -0.15) is 0 Å². The Bertz CT molecular complexity index is 251. The van der Waals surface area contributed by atoms with Crippen LogP contribution in [0.2, 0.25) is 0 Å². The van der Waals surface area contributed by atoms with E-state index in [0.29, 0.717) is 12.6 Å². The summed E-state index contributed by atoms with van der Waals surface area (Å²) in [5, 5.41) is 3.28. The number of likely N-dealkylation sites (N-methyl/N-ethyl adjacent to an activating group) is 1. The molecule has 4 nitrogen and oxygen atoms in total. The van der Waals surface area contributed by atoms with Gasteiger partial charge in [-0.1, -0.05) is 19.8 Å². The van der Waals surface area contributed by atoms with Crippen molar-refractivity contribution >= 4 is 5.91 Å². The van der Waals surface area contributed by atoms with Crippen molar-refractivity contribution in [1.29, 1.82) is 0 Å². The van der Waals surface area contributed by atoms with E-state index in [0.717, 1.165) is 13.0 Å². The molecule has 1 unspecified atom stereocenters. The molecule has 0 spiro atoms. The summed E-state index contributed by atoms with van der Waals surface area (Å²) < 4.78 is 0. The van der Waals surface area contributed by atoms with Gasteiger partial charge < -0.3 is 16.0 Å². The summed E-state index contributed by atoms with van der Waals surface area (Å²) in [5.41, 5.74) is 4.93. The average Bonchev–Trinajstić information content (AvgIpc) is 2.79. The number of amides is 1. The van der Waals surface area contributed by atoms with E-state index in [9.17, 15) is 4.79 Å². The molecule has 1 atom stereocenters. The molecule has 0 radical (unpaired) electrons. The average molecular weight is 241 g/mol. The van der Waals surface area contributed by atoms with E-state index in [4.69, 9.17) is 5.73 Å². The molecule has 0 bridgehead atoms. The van der Waals surface area contributed by atoms with Crippen molar-refractivity contribution in [3.05, 3.63) is 0 Å². The molecule has 0 aromatic rings. The van der Waals surface area contributed by atoms with Gasteiger partial charge in [-0.3, -0.25) is 4.79 Å². The fraction of sp³-hybridized carbons (Fsp3) is 0.923. The molecule has 3 N–H and O–H groups in total. The summed E-state index contributed by atoms with van der Waals surface area (Å²) in [6.07, 6.45) is 6.13. The Morgan fingerprint density at radius 3 is 2.53 bits per heavy atom. The van der Waals surface area contributed by atoms with Crippen LogP contribution < -0.4 is 11.1 Å². The number of hydrogen-bond donors (Lipinski definition) is 2. The molecule has 0 aromatic heterocycles. The van der Waals surface area contributed by atoms with Crippen molar-refractivity contribution in [3.63, 3.8) is 0 Å². The third kappa shape index (κ3) is 3.96. The number of nitrogens with two attached hydrogens (primary N) is 1. The van der Waals surface area contributed by atoms with Gasteiger partial charge >= 0.3 is 0 Å². The summed E-state index contributed by atoms with van der Waals surface area (Å²) >= 11 is 0. The van der Waals surface area contributed by atoms with Crippen molar-refractivity contribution in [2.24, 2.45) is 5.73 Å². The minimum absolute atomic E-state index is 0.254. The van der Waals surface area contributed by atoms with Crippen LogP contribution in [0.15, 0.2) is 0 Å². The molecule has 0 aliphatic heterocycles. The lowest BCUT2D eigenvalue weighted by atomic mass is 9.99. The molecule has 0 aromatic carbocycles. The maximum atomic E-state index is 11.6. The van der Waals surface area contributed by atoms with E-state index in [2.05, 4.69) is 24.2 Å². The third-order valence-corrected chi connectivity index (χ3v) is 3.82. The number of carbonyl (C=O) groups is 1. The first-order valence-corrected chi connectivity index (χ1v) is 6.75. The Balaban J connectivity index is 2.55. The van der Waals surface area contributed by atoms with Crippen LogP contribution in [0.5, 0.6) is 0 Å². The Kier molecular flexibility index (Phi) is 5.40. The number of rotatable bonds is 7. The smallest absolute Gasteiger partial charge is 0.238 e. The molecule has 1 aliphatic rings. The second-order valence-electron chi connectivity index (χ2n) is 5.48. The highest BCUT2D eigenvalue weighted by Crippen LogP contribution is 2.23. The minimum atomic E-state index is -0.604. The van der Waals surface area contributed by atoms with Gasteiger partial charge in [-0.25, -0.2) is 0 Å². The maximum Gasteiger partial charge on any atom is 0.238 e. The first kappa shape index (κ1) is 14.5. The highest BCUT2D eigenvalue weighted by Gasteiger charge is 2.33. The van der Waals surface area contributed by atoms with Crippen molar-refractivity contribution in [2.45, 2.75) is 57.5 Å². The van der Waals surface area contributed by atoms with E-state index in [-0.39, 0.29) is 5.91 Å². The Morgan fingerprint density at radius 1 is 1.47 bits per heavy atom. The fourth-order valence-electron chi connectivity index (χ4n) is 2.59. The van der Waals surface area contributed by atoms with E-state index in [1.807, 2.05) is 6.92 Å². The first-order chi connectivity index (χ1) is 7.99. The quantitative estimate of drug-likeness (QED) is 0.702. The number of nitrogens with one attached hydrogen (secondary N) is 1. The van der Waals surface area contributed by atoms with Gasteiger partial charge in [-0.05, 0) is 39.8 Å². The topological polar surface area (TPSA) is 58.4 Å². The van der Waals surface area contributed by atoms with Crippen molar-refractivity contribution in [2.75, 3.05) is 20.1 Å². The molecule has 17 heavy (non-hydrogen) atoms. The maximum absolute atomic E-state index is 11.6. The lowest BCUT2D eigenvalue weighted by Crippen LogP contribution is -2.60. The number of hydrogen-bond acceptors (Lipinski definition) is 3. The predicted octanol–water partition coefficient (Wildman–Crippen LogP) is 1.10. The van der Waals surface area contributed by atoms with Crippen LogP contribution in [-0.2, 0) is 4.79 Å². The van der Waals surface area contributed by atoms with Gasteiger partial charge in [0.1, 0.15) is 5.54 Å². The lowest BCUT2D eigenvalue weighted by molar-refractivity contribution is -0.124. The highest BCUT2D eigenvalue weighted by atomic mass is 16.1. The summed E-state index contributed by atoms with van der Waals surface area (Å²) in [4.78, 5) is 13.9. The molecule has 1 fully saturated rings. The predicted molar refractivity (Wildman–Crippen MR) is 70.8 cm³/mol. The van der Waals surface area contributed by atoms with Crippen molar-refractivity contribution in [1.82, 2.24) is 10.2 Å². The fourth-order valence-corrected chi connectivity index (χ4v) is 2.59. The van der Waals surface area contributed by atoms with Crippen molar-refractivity contribution in [3.8, 4) is 0 Å². The van der Waals surface area contributed by atoms with E-state index < -0.39 is 5.54 Å². The van der Waals surface area contributed by atoms with Crippen LogP contribution in [0.25, 0.3) is 0 Å². The minimum Gasteiger partial charge on any atom is -0.368 e. The van der Waals surface area contributed by atoms with Crippen LogP contribution in [0.3, 0.4) is 0 Å². The standard InChI is InChI=1S/C13H27N3O/c1-4-9-15-13(2,12(14)17)10-16(3)11-7-5-6-8-11/h11,15H,4-10H2,1-3H3,(H2,14,17). The largest absolute Gasteiger partial charge is 0.368 e. The van der Waals surface area contributed by atoms with Crippen LogP contribution in [0.1, 0.15) is 46.0 Å². The van der Waals surface area contributed by atoms with Crippen LogP contribution in [-0.4, -0.2) is 42.5 Å². The van der Waals surface area contributed by atoms with E-state index in [1.54, 1.807) is 0 Å². The molecular weight excluding hydrogens is 214 g/mol. The highest BCUT2D eigenvalue weighted by molar-refractivity contribution is 5.84. The third-order valence-electron chi connectivity index (χ3n) is 3.82. The zero-order chi connectivity index (χ0) is 12.9. The van der Waals surface area contributed by atoms with Crippen LogP contribution >= 0.6 is 0 Å². The molecule has 4 heteroatoms. The molecular formula is C13H27N3O. The number of carbonyl (C=O) groups excluding carboxylic acids is 1. The lowest BCUT2D eigenvalue weighted by Gasteiger charge is -2.35. The molecule has 1 aliphatic carbocycles. The van der Waals surface area contributed by atoms with Gasteiger partial charge in [0.25, 0.3) is 0 Å². The number of nitrogens with zero attached hydrogens (tertiary/aromatic N) is 1. The van der Waals surface area contributed by atoms with Crippen LogP contribution in [0.4, 0.5) is 0 Å². The Hall–Kier alpha value is -0.610. The van der Waals surface area contributed by atoms with Gasteiger partial charge in [0, 0.05) is 12.6 Å². The van der Waals surface area contributed by atoms with E-state index >= 15 is 0 Å². The zero-order valence-corrected chi connectivity index (χ0v) is 11.5. The van der Waals surface area contributed by atoms with Crippen LogP contribution in [0, 0.1) is 0 Å². The number of primary amides is 1. The molecule has 0 saturated heterocycles. The van der Waals surface area contributed by atoms with Gasteiger partial charge in [0.15, 0.2) is 0 Å². The van der Waals surface area contributed by atoms with Gasteiger partial charge in [0.05, 0.1) is 0 Å². The molecule has 1 amide bonds. The first-order valence-electron chi connectivity index (χ1n) is 6.75. The summed E-state index contributed by atoms with van der Waals surface area (Å²) in [7, 11) is 2.10. The van der Waals surface area contributed by atoms with E-state index in [1.165, 1.54) is 25.7 Å². The summed E-state index contributed by atoms with van der Waals surface area (Å²) in [6.45, 7) is 5.54. The Morgan fingerprint density at radius 2 is 2.06 bits per heavy atom. The molecule has 1 rings (SSSR count). The van der Waals surface area contributed by atoms with Gasteiger partial charge in [-0.15, -0.1) is 0 Å². The normalized spacial score (nSPS) is 20.7. The zero-order valence-electron chi connectivity index (χ0n) is 11.5.